The van der Waals surface area contributed by atoms with Crippen LogP contribution in [0, 0.1) is 24.6 Å². The highest BCUT2D eigenvalue weighted by Gasteiger charge is 2.15. The molecule has 13 heteroatoms. The van der Waals surface area contributed by atoms with Crippen molar-refractivity contribution in [3.05, 3.63) is 30.2 Å². The van der Waals surface area contributed by atoms with Gasteiger partial charge in [0.1, 0.15) is 0 Å². The van der Waals surface area contributed by atoms with Crippen LogP contribution in [0.5, 0.6) is 0 Å². The molecule has 1 atom stereocenters. The van der Waals surface area contributed by atoms with Gasteiger partial charge < -0.3 is 0 Å². The van der Waals surface area contributed by atoms with Crippen molar-refractivity contribution in [2.75, 3.05) is 0 Å². The number of nitrogens with one attached hydrogen (secondary N) is 2. The fraction of sp³-hybridized carbons (Fsp3) is 0.429. The summed E-state index contributed by atoms with van der Waals surface area (Å²) in [5, 5.41) is 14.8. The lowest BCUT2D eigenvalue weighted by Gasteiger charge is -2.06. The summed E-state index contributed by atoms with van der Waals surface area (Å²) in [7, 11) is 4.94. The van der Waals surface area contributed by atoms with Crippen molar-refractivity contribution in [3.63, 3.8) is 0 Å². The number of carbonyl (C=O) groups excluding carboxylic acids is 2. The average molecular weight is 482 g/mol. The maximum absolute atomic E-state index is 11.7. The Kier molecular flexibility index (Phi) is 16.2. The van der Waals surface area contributed by atoms with Crippen molar-refractivity contribution in [2.24, 2.45) is 5.92 Å². The quantitative estimate of drug-likeness (QED) is 0.278. The zero-order valence-electron chi connectivity index (χ0n) is 13.3. The predicted molar refractivity (Wildman–Crippen MR) is 124 cm³/mol. The zero-order valence-corrected chi connectivity index (χ0v) is 18.2. The minimum absolute atomic E-state index is 0. The highest BCUT2D eigenvalue weighted by molar-refractivity contribution is 7.79. The molecule has 0 aliphatic carbocycles. The Morgan fingerprint density at radius 1 is 1.07 bits per heavy atom. The second-order valence-electron chi connectivity index (χ2n) is 4.34. The second kappa shape index (κ2) is 14.2. The molecule has 2 rings (SSSR count). The molecular weight excluding hydrogens is 459 g/mol. The minimum Gasteiger partial charge on any atom is -0.274 e. The first-order chi connectivity index (χ1) is 11.2. The Hall–Kier alpha value is -0.855. The summed E-state index contributed by atoms with van der Waals surface area (Å²) < 4.78 is 3.36. The van der Waals surface area contributed by atoms with E-state index in [1.807, 2.05) is 13.8 Å². The molecule has 0 spiro atoms. The SMILES string of the molecule is C.C.C=CC(=O)n1c(=N)ssc1=S.CCC(C)C(=O)n1c(=N)ssc1=S.[B]. The number of allylic oxidation sites excluding steroid dienone is 1. The number of hydrogen-bond donors (Lipinski definition) is 2. The first-order valence-electron chi connectivity index (χ1n) is 6.49. The van der Waals surface area contributed by atoms with Crippen LogP contribution in [-0.2, 0) is 0 Å². The molecule has 2 aromatic rings. The Labute approximate surface area is 185 Å². The molecule has 0 aliphatic rings. The predicted octanol–water partition coefficient (Wildman–Crippen LogP) is 5.04. The van der Waals surface area contributed by atoms with Gasteiger partial charge in [0.2, 0.25) is 15.5 Å². The van der Waals surface area contributed by atoms with E-state index >= 15 is 0 Å². The van der Waals surface area contributed by atoms with E-state index in [0.717, 1.165) is 17.1 Å². The molecule has 27 heavy (non-hydrogen) atoms. The molecule has 2 aromatic heterocycles. The van der Waals surface area contributed by atoms with Crippen molar-refractivity contribution in [1.29, 1.82) is 10.8 Å². The summed E-state index contributed by atoms with van der Waals surface area (Å²) in [6, 6.07) is 0. The van der Waals surface area contributed by atoms with Crippen molar-refractivity contribution in [3.8, 4) is 0 Å². The van der Waals surface area contributed by atoms with E-state index < -0.39 is 0 Å². The molecule has 2 N–H and O–H groups in total. The summed E-state index contributed by atoms with van der Waals surface area (Å²) in [4.78, 5) is 23.0. The smallest absolute Gasteiger partial charge is 0.258 e. The third-order valence-corrected chi connectivity index (χ3v) is 8.19. The van der Waals surface area contributed by atoms with Gasteiger partial charge in [0, 0.05) is 14.3 Å². The highest BCUT2D eigenvalue weighted by Crippen LogP contribution is 2.09. The molecule has 0 saturated heterocycles. The maximum Gasteiger partial charge on any atom is 0.258 e. The van der Waals surface area contributed by atoms with E-state index in [9.17, 15) is 9.59 Å². The molecule has 0 amide bonds. The Morgan fingerprint density at radius 2 is 1.48 bits per heavy atom. The lowest BCUT2D eigenvalue weighted by Crippen LogP contribution is -2.26. The van der Waals surface area contributed by atoms with Crippen LogP contribution < -0.4 is 9.60 Å². The van der Waals surface area contributed by atoms with Gasteiger partial charge in [-0.15, -0.1) is 0 Å². The number of hydrogen-bond acceptors (Lipinski definition) is 10. The summed E-state index contributed by atoms with van der Waals surface area (Å²) >= 11 is 9.79. The van der Waals surface area contributed by atoms with Gasteiger partial charge >= 0.3 is 0 Å². The van der Waals surface area contributed by atoms with Gasteiger partial charge in [0.05, 0.1) is 0 Å². The second-order valence-corrected chi connectivity index (χ2v) is 9.84. The van der Waals surface area contributed by atoms with Crippen molar-refractivity contribution in [2.45, 2.75) is 35.1 Å². The van der Waals surface area contributed by atoms with Gasteiger partial charge in [0.15, 0.2) is 7.91 Å². The summed E-state index contributed by atoms with van der Waals surface area (Å²) in [5.41, 5.74) is 0. The van der Waals surface area contributed by atoms with E-state index in [-0.39, 0.29) is 50.6 Å². The number of carbonyl (C=O) groups is 2. The van der Waals surface area contributed by atoms with Crippen LogP contribution in [-0.4, -0.2) is 29.4 Å². The lowest BCUT2D eigenvalue weighted by molar-refractivity contribution is 0.0836. The molecule has 2 heterocycles. The topological polar surface area (TPSA) is 91.7 Å². The minimum atomic E-state index is -0.336. The van der Waals surface area contributed by atoms with Crippen LogP contribution in [0.15, 0.2) is 12.7 Å². The fourth-order valence-electron chi connectivity index (χ4n) is 1.33. The summed E-state index contributed by atoms with van der Waals surface area (Å²) in [6.07, 6.45) is 1.92. The summed E-state index contributed by atoms with van der Waals surface area (Å²) in [5.74, 6) is -0.454. The largest absolute Gasteiger partial charge is 0.274 e. The molecule has 3 radical (unpaired) electrons. The van der Waals surface area contributed by atoms with E-state index in [1.165, 1.54) is 45.9 Å². The van der Waals surface area contributed by atoms with E-state index in [0.29, 0.717) is 7.91 Å². The van der Waals surface area contributed by atoms with Gasteiger partial charge in [-0.1, -0.05) is 35.3 Å². The zero-order chi connectivity index (χ0) is 18.4. The molecule has 149 valence electrons. The summed E-state index contributed by atoms with van der Waals surface area (Å²) in [6.45, 7) is 7.11. The molecule has 0 aromatic carbocycles. The Balaban J connectivity index is -0.000000388. The van der Waals surface area contributed by atoms with Crippen LogP contribution in [0.2, 0.25) is 0 Å². The van der Waals surface area contributed by atoms with E-state index in [1.54, 1.807) is 0 Å². The average Bonchev–Trinajstić information content (AvgIpc) is 3.07. The third-order valence-electron chi connectivity index (χ3n) is 2.80. The molecule has 0 saturated carbocycles. The van der Waals surface area contributed by atoms with Crippen molar-refractivity contribution >= 4 is 86.0 Å². The van der Waals surface area contributed by atoms with Crippen LogP contribution in [0.1, 0.15) is 44.7 Å². The Bertz CT molecular complexity index is 922. The number of rotatable bonds is 3. The van der Waals surface area contributed by atoms with Crippen LogP contribution >= 0.6 is 65.8 Å². The maximum atomic E-state index is 11.7. The van der Waals surface area contributed by atoms with E-state index in [4.69, 9.17) is 35.3 Å². The molecule has 6 nitrogen and oxygen atoms in total. The first kappa shape index (κ1) is 30.9. The molecule has 1 unspecified atom stereocenters. The van der Waals surface area contributed by atoms with Crippen molar-refractivity contribution in [1.82, 2.24) is 9.13 Å². The lowest BCUT2D eigenvalue weighted by atomic mass is 10.1. The van der Waals surface area contributed by atoms with Gasteiger partial charge in [-0.3, -0.25) is 20.4 Å². The molecule has 0 aliphatic heterocycles. The van der Waals surface area contributed by atoms with Gasteiger partial charge in [-0.2, -0.15) is 0 Å². The number of nitrogens with zero attached hydrogens (tertiary/aromatic N) is 2. The monoisotopic (exact) mass is 481 g/mol. The molecular formula is C14H22BN4O2S6. The van der Waals surface area contributed by atoms with E-state index in [2.05, 4.69) is 6.58 Å². The normalized spacial score (nSPS) is 10.0. The van der Waals surface area contributed by atoms with Gasteiger partial charge in [0.25, 0.3) is 5.91 Å². The van der Waals surface area contributed by atoms with Gasteiger partial charge in [-0.05, 0) is 78.3 Å². The molecule has 0 fully saturated rings. The van der Waals surface area contributed by atoms with Crippen LogP contribution in [0.25, 0.3) is 0 Å². The standard InChI is InChI=1S/C7H10N2OS3.C5H4N2OS3.2CH4.B/c1-3-4(2)5(10)9-6(8)12-13-7(9)11;1-2-3(8)7-4(6)10-11-5(7)9;;;/h4,8H,3H2,1-2H3;2,6H,1H2;2*1H4;. The Morgan fingerprint density at radius 3 is 1.78 bits per heavy atom. The molecule has 0 bridgehead atoms. The number of aromatic nitrogens is 2. The highest BCUT2D eigenvalue weighted by atomic mass is 32.9. The van der Waals surface area contributed by atoms with Crippen LogP contribution in [0.3, 0.4) is 0 Å². The van der Waals surface area contributed by atoms with Crippen LogP contribution in [0.4, 0.5) is 0 Å². The van der Waals surface area contributed by atoms with Gasteiger partial charge in [-0.25, -0.2) is 9.13 Å². The first-order valence-corrected chi connectivity index (χ1v) is 11.6. The van der Waals surface area contributed by atoms with Crippen molar-refractivity contribution < 1.29 is 9.59 Å². The fourth-order valence-corrected chi connectivity index (χ4v) is 5.66. The third kappa shape index (κ3) is 7.96.